The zero-order chi connectivity index (χ0) is 21.4. The van der Waals surface area contributed by atoms with Gasteiger partial charge in [-0.05, 0) is 48.9 Å². The molecule has 3 aromatic carbocycles. The number of hydrogen-bond acceptors (Lipinski definition) is 3. The van der Waals surface area contributed by atoms with Crippen LogP contribution in [-0.4, -0.2) is 16.8 Å². The molecule has 0 aliphatic carbocycles. The van der Waals surface area contributed by atoms with Crippen molar-refractivity contribution in [2.75, 3.05) is 4.90 Å². The molecule has 1 saturated heterocycles. The van der Waals surface area contributed by atoms with Gasteiger partial charge < -0.3 is 5.11 Å². The van der Waals surface area contributed by atoms with Crippen LogP contribution in [0.15, 0.2) is 78.4 Å². The zero-order valence-electron chi connectivity index (χ0n) is 16.0. The molecule has 1 atom stereocenters. The van der Waals surface area contributed by atoms with Crippen molar-refractivity contribution in [2.45, 2.75) is 13.0 Å². The third kappa shape index (κ3) is 3.37. The molecule has 0 spiro atoms. The first-order valence-electron chi connectivity index (χ1n) is 9.26. The maximum atomic E-state index is 13.5. The smallest absolute Gasteiger partial charge is 0.300 e. The number of aliphatic hydroxyl groups is 1. The lowest BCUT2D eigenvalue weighted by Crippen LogP contribution is -2.29. The first kappa shape index (κ1) is 19.5. The predicted octanol–water partition coefficient (Wildman–Crippen LogP) is 4.90. The lowest BCUT2D eigenvalue weighted by molar-refractivity contribution is -0.132. The highest BCUT2D eigenvalue weighted by atomic mass is 19.1. The second kappa shape index (κ2) is 7.55. The summed E-state index contributed by atoms with van der Waals surface area (Å²) < 4.78 is 26.9. The minimum absolute atomic E-state index is 0.111. The molecule has 1 fully saturated rings. The second-order valence-electron chi connectivity index (χ2n) is 7.06. The monoisotopic (exact) mass is 405 g/mol. The molecule has 0 bridgehead atoms. The standard InChI is InChI=1S/C24H17F2NO3/c1-14-2-4-16(5-3-14)22(28)20-21(15-6-8-17(25)9-7-15)27(24(30)23(20)29)19-12-10-18(26)11-13-19/h2-13,21,28H,1H3/b22-20+/t21-/m1/s1. The van der Waals surface area contributed by atoms with Crippen LogP contribution < -0.4 is 4.90 Å². The molecular weight excluding hydrogens is 388 g/mol. The minimum Gasteiger partial charge on any atom is -0.507 e. The van der Waals surface area contributed by atoms with Gasteiger partial charge in [0.15, 0.2) is 0 Å². The highest BCUT2D eigenvalue weighted by molar-refractivity contribution is 6.51. The molecule has 6 heteroatoms. The number of benzene rings is 3. The normalized spacial score (nSPS) is 18.1. The van der Waals surface area contributed by atoms with Crippen molar-refractivity contribution in [1.82, 2.24) is 0 Å². The van der Waals surface area contributed by atoms with Gasteiger partial charge in [-0.3, -0.25) is 14.5 Å². The fourth-order valence-electron chi connectivity index (χ4n) is 3.53. The summed E-state index contributed by atoms with van der Waals surface area (Å²) in [5, 5.41) is 10.9. The number of Topliss-reactive ketones (excluding diaryl/α,β-unsaturated/α-hetero) is 1. The Kier molecular flexibility index (Phi) is 4.91. The average Bonchev–Trinajstić information content (AvgIpc) is 3.00. The van der Waals surface area contributed by atoms with Crippen molar-refractivity contribution in [1.29, 1.82) is 0 Å². The predicted molar refractivity (Wildman–Crippen MR) is 109 cm³/mol. The van der Waals surface area contributed by atoms with Gasteiger partial charge in [-0.2, -0.15) is 0 Å². The van der Waals surface area contributed by atoms with Crippen LogP contribution >= 0.6 is 0 Å². The number of carbonyl (C=O) groups excluding carboxylic acids is 2. The molecular formula is C24H17F2NO3. The fourth-order valence-corrected chi connectivity index (χ4v) is 3.53. The highest BCUT2D eigenvalue weighted by Gasteiger charge is 2.46. The summed E-state index contributed by atoms with van der Waals surface area (Å²) in [4.78, 5) is 27.0. The van der Waals surface area contributed by atoms with Crippen LogP contribution in [0, 0.1) is 18.6 Å². The van der Waals surface area contributed by atoms with Gasteiger partial charge in [0, 0.05) is 11.3 Å². The number of rotatable bonds is 3. The Bertz CT molecular complexity index is 1150. The van der Waals surface area contributed by atoms with Crippen LogP contribution in [0.3, 0.4) is 0 Å². The van der Waals surface area contributed by atoms with Crippen molar-refractivity contribution in [3.8, 4) is 0 Å². The third-order valence-electron chi connectivity index (χ3n) is 5.06. The molecule has 1 amide bonds. The topological polar surface area (TPSA) is 57.6 Å². The summed E-state index contributed by atoms with van der Waals surface area (Å²) in [5.74, 6) is -3.02. The van der Waals surface area contributed by atoms with E-state index in [1.165, 1.54) is 53.4 Å². The van der Waals surface area contributed by atoms with E-state index in [2.05, 4.69) is 0 Å². The summed E-state index contributed by atoms with van der Waals surface area (Å²) in [6, 6.07) is 16.3. The minimum atomic E-state index is -0.989. The Balaban J connectivity index is 1.93. The van der Waals surface area contributed by atoms with Gasteiger partial charge in [0.25, 0.3) is 11.7 Å². The van der Waals surface area contributed by atoms with Crippen molar-refractivity contribution in [3.63, 3.8) is 0 Å². The average molecular weight is 405 g/mol. The van der Waals surface area contributed by atoms with Gasteiger partial charge in [0.1, 0.15) is 17.4 Å². The number of halogens is 2. The number of nitrogens with zero attached hydrogens (tertiary/aromatic N) is 1. The molecule has 0 radical (unpaired) electrons. The van der Waals surface area contributed by atoms with E-state index in [0.29, 0.717) is 11.1 Å². The van der Waals surface area contributed by atoms with E-state index in [1.807, 2.05) is 6.92 Å². The van der Waals surface area contributed by atoms with Crippen LogP contribution in [0.5, 0.6) is 0 Å². The number of hydrogen-bond donors (Lipinski definition) is 1. The van der Waals surface area contributed by atoms with Crippen molar-refractivity contribution in [3.05, 3.63) is 107 Å². The largest absolute Gasteiger partial charge is 0.507 e. The molecule has 4 nitrogen and oxygen atoms in total. The molecule has 150 valence electrons. The van der Waals surface area contributed by atoms with E-state index in [-0.39, 0.29) is 17.0 Å². The second-order valence-corrected chi connectivity index (χ2v) is 7.06. The molecule has 0 aromatic heterocycles. The Morgan fingerprint density at radius 2 is 1.37 bits per heavy atom. The van der Waals surface area contributed by atoms with Crippen LogP contribution in [0.2, 0.25) is 0 Å². The van der Waals surface area contributed by atoms with Crippen molar-refractivity contribution in [2.24, 2.45) is 0 Å². The van der Waals surface area contributed by atoms with E-state index >= 15 is 0 Å². The molecule has 0 unspecified atom stereocenters. The lowest BCUT2D eigenvalue weighted by atomic mass is 9.95. The molecule has 0 saturated carbocycles. The summed E-state index contributed by atoms with van der Waals surface area (Å²) in [5.41, 5.74) is 1.96. The zero-order valence-corrected chi connectivity index (χ0v) is 16.0. The number of carbonyl (C=O) groups is 2. The molecule has 1 aliphatic rings. The van der Waals surface area contributed by atoms with Gasteiger partial charge in [0.2, 0.25) is 0 Å². The summed E-state index contributed by atoms with van der Waals surface area (Å²) in [6.45, 7) is 1.88. The van der Waals surface area contributed by atoms with Gasteiger partial charge >= 0.3 is 0 Å². The van der Waals surface area contributed by atoms with Gasteiger partial charge in [-0.15, -0.1) is 0 Å². The highest BCUT2D eigenvalue weighted by Crippen LogP contribution is 2.42. The summed E-state index contributed by atoms with van der Waals surface area (Å²) >= 11 is 0. The lowest BCUT2D eigenvalue weighted by Gasteiger charge is -2.25. The Hall–Kier alpha value is -3.80. The molecule has 1 aliphatic heterocycles. The number of ketones is 1. The maximum Gasteiger partial charge on any atom is 0.300 e. The number of aryl methyl sites for hydroxylation is 1. The fraction of sp³-hybridized carbons (Fsp3) is 0.0833. The van der Waals surface area contributed by atoms with Crippen LogP contribution in [0.25, 0.3) is 5.76 Å². The maximum absolute atomic E-state index is 13.5. The van der Waals surface area contributed by atoms with E-state index < -0.39 is 29.4 Å². The van der Waals surface area contributed by atoms with Gasteiger partial charge in [-0.1, -0.05) is 42.0 Å². The Morgan fingerprint density at radius 3 is 1.93 bits per heavy atom. The first-order valence-corrected chi connectivity index (χ1v) is 9.26. The first-order chi connectivity index (χ1) is 14.4. The molecule has 4 rings (SSSR count). The summed E-state index contributed by atoms with van der Waals surface area (Å²) in [6.07, 6.45) is 0. The number of amides is 1. The van der Waals surface area contributed by atoms with E-state index in [4.69, 9.17) is 0 Å². The third-order valence-corrected chi connectivity index (χ3v) is 5.06. The van der Waals surface area contributed by atoms with Crippen molar-refractivity contribution >= 4 is 23.1 Å². The van der Waals surface area contributed by atoms with Crippen LogP contribution in [0.1, 0.15) is 22.7 Å². The summed E-state index contributed by atoms with van der Waals surface area (Å²) in [7, 11) is 0. The SMILES string of the molecule is Cc1ccc(/C(O)=C2\C(=O)C(=O)N(c3ccc(F)cc3)[C@@H]2c2ccc(F)cc2)cc1. The molecule has 30 heavy (non-hydrogen) atoms. The van der Waals surface area contributed by atoms with Crippen molar-refractivity contribution < 1.29 is 23.5 Å². The van der Waals surface area contributed by atoms with Crippen LogP contribution in [0.4, 0.5) is 14.5 Å². The van der Waals surface area contributed by atoms with E-state index in [0.717, 1.165) is 5.56 Å². The van der Waals surface area contributed by atoms with Gasteiger partial charge in [0.05, 0.1) is 11.6 Å². The van der Waals surface area contributed by atoms with Gasteiger partial charge in [-0.25, -0.2) is 8.78 Å². The Labute approximate surface area is 171 Å². The number of anilines is 1. The van der Waals surface area contributed by atoms with E-state index in [1.54, 1.807) is 24.3 Å². The molecule has 1 heterocycles. The van der Waals surface area contributed by atoms with Crippen LogP contribution in [-0.2, 0) is 9.59 Å². The molecule has 3 aromatic rings. The quantitative estimate of drug-likeness (QED) is 0.383. The Morgan fingerprint density at radius 1 is 0.833 bits per heavy atom. The number of aliphatic hydroxyl groups excluding tert-OH is 1. The van der Waals surface area contributed by atoms with E-state index in [9.17, 15) is 23.5 Å². The molecule has 1 N–H and O–H groups in total.